The number of thioether (sulfide) groups is 1. The van der Waals surface area contributed by atoms with Crippen LogP contribution >= 0.6 is 11.8 Å². The molecule has 0 atom stereocenters. The summed E-state index contributed by atoms with van der Waals surface area (Å²) in [6, 6.07) is 0.0521. The minimum atomic E-state index is 0.0521. The maximum absolute atomic E-state index is 11.0. The highest BCUT2D eigenvalue weighted by atomic mass is 32.2. The number of nitrogens with zero attached hydrogens (tertiary/aromatic N) is 1. The van der Waals surface area contributed by atoms with E-state index in [1.54, 1.807) is 11.8 Å². The molecule has 3 nitrogen and oxygen atoms in total. The number of urea groups is 1. The summed E-state index contributed by atoms with van der Waals surface area (Å²) >= 11 is 1.68. The number of terminal acetylenes is 1. The molecule has 66 valence electrons. The lowest BCUT2D eigenvalue weighted by atomic mass is 10.6. The first kappa shape index (κ1) is 9.27. The molecule has 0 unspecified atom stereocenters. The van der Waals surface area contributed by atoms with Crippen LogP contribution in [0.15, 0.2) is 0 Å². The molecule has 0 aromatic heterocycles. The average Bonchev–Trinajstić information content (AvgIpc) is 2.46. The summed E-state index contributed by atoms with van der Waals surface area (Å²) in [7, 11) is 0. The molecule has 2 amide bonds. The van der Waals surface area contributed by atoms with Gasteiger partial charge in [-0.15, -0.1) is 18.2 Å². The third-order valence-electron chi connectivity index (χ3n) is 1.64. The molecular weight excluding hydrogens is 172 g/mol. The van der Waals surface area contributed by atoms with Gasteiger partial charge >= 0.3 is 6.03 Å². The van der Waals surface area contributed by atoms with Crippen molar-refractivity contribution in [2.45, 2.75) is 0 Å². The maximum Gasteiger partial charge on any atom is 0.317 e. The molecule has 0 bridgehead atoms. The number of nitrogens with one attached hydrogen (secondary N) is 1. The van der Waals surface area contributed by atoms with Crippen molar-refractivity contribution in [2.75, 3.05) is 31.1 Å². The zero-order valence-electron chi connectivity index (χ0n) is 6.88. The fourth-order valence-electron chi connectivity index (χ4n) is 1.03. The smallest absolute Gasteiger partial charge is 0.317 e. The molecule has 1 rings (SSSR count). The molecule has 0 radical (unpaired) electrons. The van der Waals surface area contributed by atoms with Crippen molar-refractivity contribution in [3.05, 3.63) is 0 Å². The summed E-state index contributed by atoms with van der Waals surface area (Å²) in [6.07, 6.45) is 5.09. The Morgan fingerprint density at radius 2 is 2.58 bits per heavy atom. The largest absolute Gasteiger partial charge is 0.336 e. The van der Waals surface area contributed by atoms with Crippen LogP contribution in [0, 0.1) is 12.3 Å². The Hall–Kier alpha value is -0.820. The molecule has 0 aromatic carbocycles. The summed E-state index contributed by atoms with van der Waals surface area (Å²) in [6.45, 7) is 2.41. The third kappa shape index (κ3) is 2.67. The van der Waals surface area contributed by atoms with Crippen molar-refractivity contribution in [1.29, 1.82) is 0 Å². The minimum Gasteiger partial charge on any atom is -0.336 e. The van der Waals surface area contributed by atoms with Gasteiger partial charge in [-0.2, -0.15) is 0 Å². The SMILES string of the molecule is C#CCSCCN1CCNC1=O. The van der Waals surface area contributed by atoms with Gasteiger partial charge in [-0.3, -0.25) is 0 Å². The monoisotopic (exact) mass is 184 g/mol. The highest BCUT2D eigenvalue weighted by Crippen LogP contribution is 2.02. The van der Waals surface area contributed by atoms with Gasteiger partial charge in [-0.25, -0.2) is 4.79 Å². The Bertz CT molecular complexity index is 200. The molecule has 1 fully saturated rings. The summed E-state index contributed by atoms with van der Waals surface area (Å²) < 4.78 is 0. The fourth-order valence-corrected chi connectivity index (χ4v) is 1.64. The van der Waals surface area contributed by atoms with Crippen LogP contribution in [0.25, 0.3) is 0 Å². The number of hydrogen-bond donors (Lipinski definition) is 1. The average molecular weight is 184 g/mol. The van der Waals surface area contributed by atoms with Crippen molar-refractivity contribution in [2.24, 2.45) is 0 Å². The lowest BCUT2D eigenvalue weighted by molar-refractivity contribution is 0.220. The summed E-state index contributed by atoms with van der Waals surface area (Å²) in [4.78, 5) is 12.8. The van der Waals surface area contributed by atoms with Gasteiger partial charge in [0.05, 0.1) is 5.75 Å². The van der Waals surface area contributed by atoms with Crippen molar-refractivity contribution in [3.63, 3.8) is 0 Å². The molecule has 12 heavy (non-hydrogen) atoms. The van der Waals surface area contributed by atoms with Crippen LogP contribution < -0.4 is 5.32 Å². The fraction of sp³-hybridized carbons (Fsp3) is 0.625. The van der Waals surface area contributed by atoms with Gasteiger partial charge in [0.1, 0.15) is 0 Å². The number of amides is 2. The van der Waals surface area contributed by atoms with E-state index in [4.69, 9.17) is 6.42 Å². The van der Waals surface area contributed by atoms with E-state index in [1.165, 1.54) is 0 Å². The van der Waals surface area contributed by atoms with E-state index in [1.807, 2.05) is 4.90 Å². The second-order valence-electron chi connectivity index (χ2n) is 2.48. The lowest BCUT2D eigenvalue weighted by Crippen LogP contribution is -2.30. The number of rotatable bonds is 4. The molecule has 1 heterocycles. The number of carbonyl (C=O) groups is 1. The standard InChI is InChI=1S/C8H12N2OS/c1-2-6-12-7-5-10-4-3-9-8(10)11/h1H,3-7H2,(H,9,11). The van der Waals surface area contributed by atoms with Crippen LogP contribution in [0.2, 0.25) is 0 Å². The van der Waals surface area contributed by atoms with E-state index in [9.17, 15) is 4.79 Å². The first-order valence-electron chi connectivity index (χ1n) is 3.88. The number of hydrogen-bond acceptors (Lipinski definition) is 2. The highest BCUT2D eigenvalue weighted by molar-refractivity contribution is 7.99. The van der Waals surface area contributed by atoms with Gasteiger partial charge in [0.2, 0.25) is 0 Å². The van der Waals surface area contributed by atoms with Crippen molar-refractivity contribution in [1.82, 2.24) is 10.2 Å². The Morgan fingerprint density at radius 3 is 3.17 bits per heavy atom. The predicted molar refractivity (Wildman–Crippen MR) is 51.1 cm³/mol. The van der Waals surface area contributed by atoms with E-state index >= 15 is 0 Å². The van der Waals surface area contributed by atoms with E-state index in [-0.39, 0.29) is 6.03 Å². The Labute approximate surface area is 76.9 Å². The van der Waals surface area contributed by atoms with Gasteiger partial charge in [0, 0.05) is 25.4 Å². The zero-order valence-corrected chi connectivity index (χ0v) is 7.69. The Kier molecular flexibility index (Phi) is 3.81. The molecule has 1 aliphatic rings. The van der Waals surface area contributed by atoms with Crippen molar-refractivity contribution in [3.8, 4) is 12.3 Å². The summed E-state index contributed by atoms with van der Waals surface area (Å²) in [5.41, 5.74) is 0. The van der Waals surface area contributed by atoms with Crippen LogP contribution in [0.1, 0.15) is 0 Å². The van der Waals surface area contributed by atoms with E-state index in [0.29, 0.717) is 0 Å². The normalized spacial score (nSPS) is 15.9. The van der Waals surface area contributed by atoms with Gasteiger partial charge in [-0.05, 0) is 0 Å². The van der Waals surface area contributed by atoms with Crippen LogP contribution in [0.3, 0.4) is 0 Å². The zero-order chi connectivity index (χ0) is 8.81. The first-order chi connectivity index (χ1) is 5.84. The van der Waals surface area contributed by atoms with E-state index in [2.05, 4.69) is 11.2 Å². The molecule has 1 aliphatic heterocycles. The number of carbonyl (C=O) groups excluding carboxylic acids is 1. The van der Waals surface area contributed by atoms with Crippen LogP contribution in [0.5, 0.6) is 0 Å². The quantitative estimate of drug-likeness (QED) is 0.506. The van der Waals surface area contributed by atoms with Gasteiger partial charge in [0.25, 0.3) is 0 Å². The molecule has 0 aliphatic carbocycles. The first-order valence-corrected chi connectivity index (χ1v) is 5.04. The second-order valence-corrected chi connectivity index (χ2v) is 3.58. The van der Waals surface area contributed by atoms with Gasteiger partial charge in [0.15, 0.2) is 0 Å². The molecule has 4 heteroatoms. The highest BCUT2D eigenvalue weighted by Gasteiger charge is 2.17. The lowest BCUT2D eigenvalue weighted by Gasteiger charge is -2.12. The summed E-state index contributed by atoms with van der Waals surface area (Å²) in [5, 5.41) is 2.75. The van der Waals surface area contributed by atoms with Crippen LogP contribution in [0.4, 0.5) is 4.79 Å². The van der Waals surface area contributed by atoms with Gasteiger partial charge < -0.3 is 10.2 Å². The predicted octanol–water partition coefficient (Wildman–Crippen LogP) is 0.378. The van der Waals surface area contributed by atoms with Crippen molar-refractivity contribution >= 4 is 17.8 Å². The Morgan fingerprint density at radius 1 is 1.75 bits per heavy atom. The third-order valence-corrected chi connectivity index (χ3v) is 2.48. The van der Waals surface area contributed by atoms with E-state index in [0.717, 1.165) is 31.1 Å². The molecule has 1 saturated heterocycles. The molecular formula is C8H12N2OS. The second kappa shape index (κ2) is 4.94. The summed E-state index contributed by atoms with van der Waals surface area (Å²) in [5.74, 6) is 4.21. The van der Waals surface area contributed by atoms with Crippen LogP contribution in [-0.2, 0) is 0 Å². The van der Waals surface area contributed by atoms with Gasteiger partial charge in [-0.1, -0.05) is 5.92 Å². The van der Waals surface area contributed by atoms with Crippen LogP contribution in [-0.4, -0.2) is 42.1 Å². The molecule has 0 saturated carbocycles. The Balaban J connectivity index is 2.07. The van der Waals surface area contributed by atoms with Crippen molar-refractivity contribution < 1.29 is 4.79 Å². The molecule has 1 N–H and O–H groups in total. The molecule has 0 aromatic rings. The minimum absolute atomic E-state index is 0.0521. The molecule has 0 spiro atoms. The maximum atomic E-state index is 11.0. The van der Waals surface area contributed by atoms with E-state index < -0.39 is 0 Å². The topological polar surface area (TPSA) is 32.3 Å².